The Morgan fingerprint density at radius 2 is 2.11 bits per heavy atom. The SMILES string of the molecule is CCOCCC(Cc1ccn(C(CC)CC)n1)NN. The Kier molecular flexibility index (Phi) is 7.70. The summed E-state index contributed by atoms with van der Waals surface area (Å²) in [5.41, 5.74) is 3.94. The fraction of sp³-hybridized carbons (Fsp3) is 0.786. The van der Waals surface area contributed by atoms with Crippen LogP contribution in [0, 0.1) is 0 Å². The summed E-state index contributed by atoms with van der Waals surface area (Å²) in [6.07, 6.45) is 6.04. The molecule has 5 nitrogen and oxygen atoms in total. The van der Waals surface area contributed by atoms with Crippen LogP contribution in [0.15, 0.2) is 12.3 Å². The van der Waals surface area contributed by atoms with Crippen LogP contribution in [0.25, 0.3) is 0 Å². The summed E-state index contributed by atoms with van der Waals surface area (Å²) in [7, 11) is 0. The standard InChI is InChI=1S/C14H28N4O/c1-4-14(5-2)18-9-7-13(17-18)11-12(16-15)8-10-19-6-3/h7,9,12,14,16H,4-6,8,10-11,15H2,1-3H3. The van der Waals surface area contributed by atoms with Crippen molar-refractivity contribution in [2.24, 2.45) is 5.84 Å². The van der Waals surface area contributed by atoms with E-state index in [2.05, 4.69) is 41.3 Å². The van der Waals surface area contributed by atoms with Gasteiger partial charge in [0.15, 0.2) is 0 Å². The van der Waals surface area contributed by atoms with E-state index in [1.165, 1.54) is 0 Å². The van der Waals surface area contributed by atoms with E-state index in [4.69, 9.17) is 10.6 Å². The molecule has 0 amide bonds. The van der Waals surface area contributed by atoms with Crippen LogP contribution in [0.3, 0.4) is 0 Å². The second-order valence-electron chi connectivity index (χ2n) is 4.81. The first-order valence-electron chi connectivity index (χ1n) is 7.32. The Hall–Kier alpha value is -0.910. The summed E-state index contributed by atoms with van der Waals surface area (Å²) in [6.45, 7) is 7.88. The van der Waals surface area contributed by atoms with Crippen LogP contribution in [-0.4, -0.2) is 29.0 Å². The molecule has 0 aliphatic rings. The number of hydrogen-bond acceptors (Lipinski definition) is 4. The maximum absolute atomic E-state index is 5.58. The molecule has 110 valence electrons. The highest BCUT2D eigenvalue weighted by Crippen LogP contribution is 2.15. The highest BCUT2D eigenvalue weighted by atomic mass is 16.5. The number of aromatic nitrogens is 2. The van der Waals surface area contributed by atoms with Crippen molar-refractivity contribution in [3.05, 3.63) is 18.0 Å². The predicted octanol–water partition coefficient (Wildman–Crippen LogP) is 2.05. The maximum Gasteiger partial charge on any atom is 0.0640 e. The first-order valence-corrected chi connectivity index (χ1v) is 7.32. The van der Waals surface area contributed by atoms with Gasteiger partial charge in [-0.3, -0.25) is 16.0 Å². The summed E-state index contributed by atoms with van der Waals surface area (Å²) in [5.74, 6) is 5.58. The fourth-order valence-electron chi connectivity index (χ4n) is 2.22. The van der Waals surface area contributed by atoms with E-state index in [1.807, 2.05) is 6.92 Å². The summed E-state index contributed by atoms with van der Waals surface area (Å²) in [6, 6.07) is 2.81. The van der Waals surface area contributed by atoms with E-state index in [1.54, 1.807) is 0 Å². The lowest BCUT2D eigenvalue weighted by Crippen LogP contribution is -2.37. The van der Waals surface area contributed by atoms with E-state index in [0.29, 0.717) is 6.04 Å². The van der Waals surface area contributed by atoms with Gasteiger partial charge in [-0.05, 0) is 32.3 Å². The molecule has 19 heavy (non-hydrogen) atoms. The van der Waals surface area contributed by atoms with Gasteiger partial charge in [0.05, 0.1) is 11.7 Å². The van der Waals surface area contributed by atoms with Crippen molar-refractivity contribution in [2.75, 3.05) is 13.2 Å². The first kappa shape index (κ1) is 16.1. The number of nitrogens with zero attached hydrogens (tertiary/aromatic N) is 2. The minimum atomic E-state index is 0.219. The number of hydrogen-bond donors (Lipinski definition) is 2. The quantitative estimate of drug-likeness (QED) is 0.387. The molecule has 0 bridgehead atoms. The van der Waals surface area contributed by atoms with Crippen LogP contribution in [0.5, 0.6) is 0 Å². The maximum atomic E-state index is 5.58. The molecule has 0 fully saturated rings. The molecule has 1 unspecified atom stereocenters. The molecular formula is C14H28N4O. The van der Waals surface area contributed by atoms with E-state index < -0.39 is 0 Å². The van der Waals surface area contributed by atoms with Crippen molar-refractivity contribution >= 4 is 0 Å². The van der Waals surface area contributed by atoms with Crippen LogP contribution in [-0.2, 0) is 11.2 Å². The summed E-state index contributed by atoms with van der Waals surface area (Å²) >= 11 is 0. The lowest BCUT2D eigenvalue weighted by atomic mass is 10.1. The fourth-order valence-corrected chi connectivity index (χ4v) is 2.22. The zero-order valence-electron chi connectivity index (χ0n) is 12.4. The van der Waals surface area contributed by atoms with Crippen LogP contribution in [0.1, 0.15) is 51.8 Å². The molecule has 0 saturated carbocycles. The van der Waals surface area contributed by atoms with Crippen molar-refractivity contribution in [3.63, 3.8) is 0 Å². The van der Waals surface area contributed by atoms with E-state index in [-0.39, 0.29) is 6.04 Å². The molecule has 0 aliphatic carbocycles. The largest absolute Gasteiger partial charge is 0.382 e. The number of nitrogens with two attached hydrogens (primary N) is 1. The molecule has 0 aromatic carbocycles. The zero-order chi connectivity index (χ0) is 14.1. The minimum Gasteiger partial charge on any atom is -0.382 e. The van der Waals surface area contributed by atoms with Gasteiger partial charge in [0, 0.05) is 31.9 Å². The molecular weight excluding hydrogens is 240 g/mol. The van der Waals surface area contributed by atoms with Crippen LogP contribution >= 0.6 is 0 Å². The molecule has 0 spiro atoms. The summed E-state index contributed by atoms with van der Waals surface area (Å²) < 4.78 is 7.44. The second kappa shape index (κ2) is 9.07. The average molecular weight is 268 g/mol. The highest BCUT2D eigenvalue weighted by molar-refractivity contribution is 5.02. The smallest absolute Gasteiger partial charge is 0.0640 e. The van der Waals surface area contributed by atoms with Gasteiger partial charge in [-0.2, -0.15) is 5.10 Å². The first-order chi connectivity index (χ1) is 9.24. The molecule has 0 saturated heterocycles. The van der Waals surface area contributed by atoms with Crippen molar-refractivity contribution in [3.8, 4) is 0 Å². The zero-order valence-corrected chi connectivity index (χ0v) is 12.4. The van der Waals surface area contributed by atoms with Crippen LogP contribution in [0.2, 0.25) is 0 Å². The molecule has 5 heteroatoms. The van der Waals surface area contributed by atoms with Gasteiger partial charge in [0.1, 0.15) is 0 Å². The van der Waals surface area contributed by atoms with E-state index in [9.17, 15) is 0 Å². The van der Waals surface area contributed by atoms with Crippen molar-refractivity contribution in [1.29, 1.82) is 0 Å². The van der Waals surface area contributed by atoms with Gasteiger partial charge in [-0.25, -0.2) is 0 Å². The molecule has 1 aromatic heterocycles. The number of ether oxygens (including phenoxy) is 1. The lowest BCUT2D eigenvalue weighted by molar-refractivity contribution is 0.136. The normalized spacial score (nSPS) is 13.1. The summed E-state index contributed by atoms with van der Waals surface area (Å²) in [5, 5.41) is 4.65. The van der Waals surface area contributed by atoms with E-state index in [0.717, 1.165) is 44.6 Å². The number of hydrazine groups is 1. The minimum absolute atomic E-state index is 0.219. The lowest BCUT2D eigenvalue weighted by Gasteiger charge is -2.15. The van der Waals surface area contributed by atoms with Crippen molar-refractivity contribution in [2.45, 2.75) is 58.5 Å². The Morgan fingerprint density at radius 3 is 2.68 bits per heavy atom. The second-order valence-corrected chi connectivity index (χ2v) is 4.81. The molecule has 1 aromatic rings. The number of rotatable bonds is 10. The van der Waals surface area contributed by atoms with Crippen LogP contribution < -0.4 is 11.3 Å². The monoisotopic (exact) mass is 268 g/mol. The summed E-state index contributed by atoms with van der Waals surface area (Å²) in [4.78, 5) is 0. The average Bonchev–Trinajstić information content (AvgIpc) is 2.88. The Morgan fingerprint density at radius 1 is 1.37 bits per heavy atom. The van der Waals surface area contributed by atoms with Crippen LogP contribution in [0.4, 0.5) is 0 Å². The van der Waals surface area contributed by atoms with Gasteiger partial charge >= 0.3 is 0 Å². The third-order valence-corrected chi connectivity index (χ3v) is 3.49. The molecule has 3 N–H and O–H groups in total. The van der Waals surface area contributed by atoms with Gasteiger partial charge in [-0.1, -0.05) is 13.8 Å². The predicted molar refractivity (Wildman–Crippen MR) is 77.8 cm³/mol. The third-order valence-electron chi connectivity index (χ3n) is 3.49. The molecule has 1 heterocycles. The Balaban J connectivity index is 2.50. The van der Waals surface area contributed by atoms with Gasteiger partial charge in [0.25, 0.3) is 0 Å². The molecule has 1 atom stereocenters. The molecule has 0 radical (unpaired) electrons. The molecule has 0 aliphatic heterocycles. The van der Waals surface area contributed by atoms with Gasteiger partial charge < -0.3 is 4.74 Å². The highest BCUT2D eigenvalue weighted by Gasteiger charge is 2.12. The third kappa shape index (κ3) is 5.30. The molecule has 1 rings (SSSR count). The van der Waals surface area contributed by atoms with Crippen molar-refractivity contribution < 1.29 is 4.74 Å². The van der Waals surface area contributed by atoms with Gasteiger partial charge in [-0.15, -0.1) is 0 Å². The Labute approximate surface area is 116 Å². The topological polar surface area (TPSA) is 65.1 Å². The van der Waals surface area contributed by atoms with Gasteiger partial charge in [0.2, 0.25) is 0 Å². The number of nitrogens with one attached hydrogen (secondary N) is 1. The van der Waals surface area contributed by atoms with Crippen molar-refractivity contribution in [1.82, 2.24) is 15.2 Å². The van der Waals surface area contributed by atoms with E-state index >= 15 is 0 Å². The Bertz CT molecular complexity index is 336.